The molecule has 1 aliphatic rings. The minimum atomic E-state index is -4.03. The summed E-state index contributed by atoms with van der Waals surface area (Å²) in [5, 5.41) is 21.2. The van der Waals surface area contributed by atoms with E-state index >= 15 is 0 Å². The molecule has 178 valence electrons. The van der Waals surface area contributed by atoms with E-state index < -0.39 is 15.6 Å². The number of aromatic hydroxyl groups is 1. The maximum absolute atomic E-state index is 12.9. The van der Waals surface area contributed by atoms with Crippen molar-refractivity contribution in [3.8, 4) is 5.75 Å². The topological polar surface area (TPSA) is 133 Å². The van der Waals surface area contributed by atoms with E-state index in [9.17, 15) is 23.4 Å². The second kappa shape index (κ2) is 9.17. The molecule has 0 bridgehead atoms. The number of phenols is 1. The molecule has 0 spiro atoms. The number of para-hydroxylation sites is 1. The third-order valence-electron chi connectivity index (χ3n) is 5.97. The fraction of sp³-hybridized carbons (Fsp3) is 0.208. The number of hydrogen-bond donors (Lipinski definition) is 4. The summed E-state index contributed by atoms with van der Waals surface area (Å²) in [6, 6.07) is 17.1. The van der Waals surface area contributed by atoms with Crippen LogP contribution in [0.25, 0.3) is 0 Å². The van der Waals surface area contributed by atoms with Crippen molar-refractivity contribution in [2.24, 2.45) is 0 Å². The van der Waals surface area contributed by atoms with Crippen molar-refractivity contribution in [3.63, 3.8) is 0 Å². The first-order chi connectivity index (χ1) is 16.1. The molecule has 3 aromatic carbocycles. The Balaban J connectivity index is 1.43. The van der Waals surface area contributed by atoms with Crippen molar-refractivity contribution >= 4 is 38.9 Å². The lowest BCUT2D eigenvalue weighted by atomic mass is 9.84. The Bertz CT molecular complexity index is 1320. The maximum Gasteiger partial charge on any atom is 0.264 e. The van der Waals surface area contributed by atoms with Crippen LogP contribution in [0.1, 0.15) is 28.8 Å². The second-order valence-corrected chi connectivity index (χ2v) is 10.2. The van der Waals surface area contributed by atoms with Gasteiger partial charge >= 0.3 is 0 Å². The highest BCUT2D eigenvalue weighted by Gasteiger charge is 2.36. The Kier molecular flexibility index (Phi) is 6.44. The van der Waals surface area contributed by atoms with Crippen molar-refractivity contribution in [1.29, 1.82) is 0 Å². The summed E-state index contributed by atoms with van der Waals surface area (Å²) in [6.07, 6.45) is 0.706. The summed E-state index contributed by atoms with van der Waals surface area (Å²) >= 11 is 6.25. The van der Waals surface area contributed by atoms with E-state index in [0.717, 1.165) is 0 Å². The number of aliphatic hydroxyl groups is 1. The number of carbonyl (C=O) groups excluding carboxylic acids is 1. The Hall–Kier alpha value is -3.27. The molecule has 0 aromatic heterocycles. The number of nitrogen functional groups attached to an aromatic ring is 1. The van der Waals surface area contributed by atoms with Crippen LogP contribution >= 0.6 is 11.6 Å². The van der Waals surface area contributed by atoms with Crippen LogP contribution in [-0.4, -0.2) is 42.5 Å². The van der Waals surface area contributed by atoms with Gasteiger partial charge in [-0.25, -0.2) is 8.42 Å². The lowest BCUT2D eigenvalue weighted by Crippen LogP contribution is -2.45. The first kappa shape index (κ1) is 23.9. The van der Waals surface area contributed by atoms with Gasteiger partial charge in [-0.1, -0.05) is 35.9 Å². The highest BCUT2D eigenvalue weighted by atomic mass is 35.5. The molecule has 1 aliphatic heterocycles. The monoisotopic (exact) mass is 501 g/mol. The van der Waals surface area contributed by atoms with E-state index in [-0.39, 0.29) is 27.9 Å². The van der Waals surface area contributed by atoms with Crippen molar-refractivity contribution in [2.45, 2.75) is 23.3 Å². The van der Waals surface area contributed by atoms with E-state index in [1.807, 2.05) is 6.07 Å². The van der Waals surface area contributed by atoms with Gasteiger partial charge in [-0.15, -0.1) is 0 Å². The number of anilines is 2. The summed E-state index contributed by atoms with van der Waals surface area (Å²) in [4.78, 5) is 14.4. The van der Waals surface area contributed by atoms with Gasteiger partial charge in [-0.2, -0.15) is 0 Å². The number of piperidine rings is 1. The maximum atomic E-state index is 12.9. The third kappa shape index (κ3) is 4.68. The molecule has 0 atom stereocenters. The zero-order chi connectivity index (χ0) is 24.5. The largest absolute Gasteiger partial charge is 0.506 e. The Morgan fingerprint density at radius 3 is 2.29 bits per heavy atom. The molecular formula is C24H24ClN3O5S. The van der Waals surface area contributed by atoms with Gasteiger partial charge in [-0.3, -0.25) is 9.52 Å². The molecule has 10 heteroatoms. The molecule has 1 fully saturated rings. The van der Waals surface area contributed by atoms with Crippen molar-refractivity contribution in [1.82, 2.24) is 4.90 Å². The number of nitrogens with two attached hydrogens (primary N) is 1. The molecule has 1 heterocycles. The highest BCUT2D eigenvalue weighted by molar-refractivity contribution is 7.92. The van der Waals surface area contributed by atoms with Gasteiger partial charge in [0.2, 0.25) is 0 Å². The highest BCUT2D eigenvalue weighted by Crippen LogP contribution is 2.37. The zero-order valence-corrected chi connectivity index (χ0v) is 19.7. The molecule has 0 radical (unpaired) electrons. The van der Waals surface area contributed by atoms with Crippen molar-refractivity contribution in [2.75, 3.05) is 23.5 Å². The number of phenolic OH excluding ortho intramolecular Hbond substituents is 1. The number of halogens is 1. The number of hydrogen-bond acceptors (Lipinski definition) is 6. The van der Waals surface area contributed by atoms with E-state index in [1.165, 1.54) is 42.5 Å². The first-order valence-corrected chi connectivity index (χ1v) is 12.4. The number of carbonyl (C=O) groups is 1. The zero-order valence-electron chi connectivity index (χ0n) is 18.1. The van der Waals surface area contributed by atoms with Gasteiger partial charge in [-0.05, 0) is 55.3 Å². The van der Waals surface area contributed by atoms with Crippen molar-refractivity contribution < 1.29 is 23.4 Å². The second-order valence-electron chi connectivity index (χ2n) is 8.18. The smallest absolute Gasteiger partial charge is 0.264 e. The minimum Gasteiger partial charge on any atom is -0.506 e. The number of amides is 1. The first-order valence-electron chi connectivity index (χ1n) is 10.6. The summed E-state index contributed by atoms with van der Waals surface area (Å²) in [7, 11) is -4.03. The van der Waals surface area contributed by atoms with Crippen LogP contribution < -0.4 is 10.5 Å². The van der Waals surface area contributed by atoms with Gasteiger partial charge in [0, 0.05) is 34.9 Å². The predicted molar refractivity (Wildman–Crippen MR) is 130 cm³/mol. The van der Waals surface area contributed by atoms with Crippen LogP contribution in [0.3, 0.4) is 0 Å². The number of likely N-dealkylation sites (tertiary alicyclic amines) is 1. The van der Waals surface area contributed by atoms with Crippen LogP contribution in [0, 0.1) is 0 Å². The lowest BCUT2D eigenvalue weighted by Gasteiger charge is -2.39. The molecule has 0 aliphatic carbocycles. The van der Waals surface area contributed by atoms with E-state index in [4.69, 9.17) is 17.3 Å². The molecule has 4 rings (SSSR count). The SMILES string of the molecule is Nc1c(O)cccc1S(=O)(=O)Nc1ccc(C(=O)N2CCC(O)(c3ccccc3Cl)CC2)cc1. The summed E-state index contributed by atoms with van der Waals surface area (Å²) in [5.41, 5.74) is 5.64. The predicted octanol–water partition coefficient (Wildman–Crippen LogP) is 3.55. The minimum absolute atomic E-state index is 0.215. The van der Waals surface area contributed by atoms with Crippen LogP contribution in [0.5, 0.6) is 5.75 Å². The molecule has 1 saturated heterocycles. The lowest BCUT2D eigenvalue weighted by molar-refractivity contribution is -0.0210. The number of sulfonamides is 1. The van der Waals surface area contributed by atoms with E-state index in [2.05, 4.69) is 4.72 Å². The molecule has 0 saturated carbocycles. The molecule has 1 amide bonds. The number of nitrogens with one attached hydrogen (secondary N) is 1. The fourth-order valence-corrected chi connectivity index (χ4v) is 5.55. The average Bonchev–Trinajstić information content (AvgIpc) is 2.81. The van der Waals surface area contributed by atoms with Gasteiger partial charge in [0.1, 0.15) is 10.6 Å². The summed E-state index contributed by atoms with van der Waals surface area (Å²) < 4.78 is 27.7. The van der Waals surface area contributed by atoms with Gasteiger partial charge in [0.25, 0.3) is 15.9 Å². The molecule has 0 unspecified atom stereocenters. The van der Waals surface area contributed by atoms with Gasteiger partial charge in [0.05, 0.1) is 11.3 Å². The average molecular weight is 502 g/mol. The quantitative estimate of drug-likeness (QED) is 0.312. The molecule has 8 nitrogen and oxygen atoms in total. The molecule has 3 aromatic rings. The van der Waals surface area contributed by atoms with Crippen LogP contribution in [0.2, 0.25) is 5.02 Å². The molecular weight excluding hydrogens is 478 g/mol. The third-order valence-corrected chi connectivity index (χ3v) is 7.74. The fourth-order valence-electron chi connectivity index (χ4n) is 4.03. The van der Waals surface area contributed by atoms with Crippen LogP contribution in [0.4, 0.5) is 11.4 Å². The van der Waals surface area contributed by atoms with E-state index in [1.54, 1.807) is 23.1 Å². The number of benzene rings is 3. The Morgan fingerprint density at radius 2 is 1.65 bits per heavy atom. The normalized spacial score (nSPS) is 15.6. The molecule has 5 N–H and O–H groups in total. The Labute approximate surface area is 202 Å². The van der Waals surface area contributed by atoms with Gasteiger partial charge in [0.15, 0.2) is 0 Å². The van der Waals surface area contributed by atoms with Crippen LogP contribution in [-0.2, 0) is 15.6 Å². The van der Waals surface area contributed by atoms with Crippen molar-refractivity contribution in [3.05, 3.63) is 82.9 Å². The van der Waals surface area contributed by atoms with Gasteiger partial charge < -0.3 is 20.8 Å². The van der Waals surface area contributed by atoms with Crippen LogP contribution in [0.15, 0.2) is 71.6 Å². The van der Waals surface area contributed by atoms with E-state index in [0.29, 0.717) is 42.1 Å². The summed E-state index contributed by atoms with van der Waals surface area (Å²) in [6.45, 7) is 0.706. The number of nitrogens with zero attached hydrogens (tertiary/aromatic N) is 1. The Morgan fingerprint density at radius 1 is 1.00 bits per heavy atom. The summed E-state index contributed by atoms with van der Waals surface area (Å²) in [5.74, 6) is -0.542. The molecule has 34 heavy (non-hydrogen) atoms. The standard InChI is InChI=1S/C24H24ClN3O5S/c25-19-5-2-1-4-18(19)24(31)12-14-28(15-13-24)23(30)16-8-10-17(11-9-16)27-34(32,33)21-7-3-6-20(29)22(21)26/h1-11,27,29,31H,12-15,26H2. The number of rotatable bonds is 5.